The number of nitrogens with zero attached hydrogens (tertiary/aromatic N) is 3. The maximum atomic E-state index is 4.61. The summed E-state index contributed by atoms with van der Waals surface area (Å²) in [5.41, 5.74) is 1.27. The molecule has 2 rings (SSSR count). The summed E-state index contributed by atoms with van der Waals surface area (Å²) in [7, 11) is 0. The molecule has 0 aliphatic carbocycles. The van der Waals surface area contributed by atoms with Crippen LogP contribution >= 0.6 is 0 Å². The maximum Gasteiger partial charge on any atom is 0.137 e. The minimum Gasteiger partial charge on any atom is -0.370 e. The Kier molecular flexibility index (Phi) is 5.21. The van der Waals surface area contributed by atoms with Crippen LogP contribution in [0.5, 0.6) is 0 Å². The predicted molar refractivity (Wildman–Crippen MR) is 85.5 cm³/mol. The molecule has 1 atom stereocenters. The van der Waals surface area contributed by atoms with E-state index >= 15 is 0 Å². The molecule has 1 aromatic heterocycles. The topological polar surface area (TPSA) is 41.1 Å². The van der Waals surface area contributed by atoms with Gasteiger partial charge in [0.2, 0.25) is 0 Å². The third-order valence-corrected chi connectivity index (χ3v) is 4.10. The van der Waals surface area contributed by atoms with Crippen molar-refractivity contribution in [3.8, 4) is 0 Å². The Morgan fingerprint density at radius 3 is 2.80 bits per heavy atom. The van der Waals surface area contributed by atoms with Gasteiger partial charge in [-0.2, -0.15) is 0 Å². The van der Waals surface area contributed by atoms with E-state index in [1.807, 2.05) is 0 Å². The third kappa shape index (κ3) is 3.41. The van der Waals surface area contributed by atoms with Gasteiger partial charge in [0.25, 0.3) is 0 Å². The summed E-state index contributed by atoms with van der Waals surface area (Å²) in [6.45, 7) is 12.0. The van der Waals surface area contributed by atoms with Crippen molar-refractivity contribution in [2.75, 3.05) is 29.9 Å². The quantitative estimate of drug-likeness (QED) is 0.911. The molecule has 1 unspecified atom stereocenters. The maximum absolute atomic E-state index is 4.61. The Bertz CT molecular complexity index is 430. The standard InChI is InChI=1S/C16H28N4/c1-5-17-15-14(12(2)3)16(19-11-18-15)20-9-6-7-13(4)8-10-20/h11-13H,5-10H2,1-4H3,(H,17,18,19). The zero-order valence-electron chi connectivity index (χ0n) is 13.3. The number of hydrogen-bond donors (Lipinski definition) is 1. The van der Waals surface area contributed by atoms with Gasteiger partial charge in [-0.25, -0.2) is 9.97 Å². The fourth-order valence-corrected chi connectivity index (χ4v) is 2.95. The Morgan fingerprint density at radius 1 is 1.30 bits per heavy atom. The van der Waals surface area contributed by atoms with Crippen molar-refractivity contribution in [2.24, 2.45) is 5.92 Å². The zero-order chi connectivity index (χ0) is 14.5. The van der Waals surface area contributed by atoms with E-state index < -0.39 is 0 Å². The normalized spacial score (nSPS) is 20.1. The summed E-state index contributed by atoms with van der Waals surface area (Å²) in [6, 6.07) is 0. The van der Waals surface area contributed by atoms with Crippen LogP contribution in [0.25, 0.3) is 0 Å². The SMILES string of the molecule is CCNc1ncnc(N2CCCC(C)CC2)c1C(C)C. The Hall–Kier alpha value is -1.32. The van der Waals surface area contributed by atoms with Gasteiger partial charge in [-0.1, -0.05) is 20.8 Å². The van der Waals surface area contributed by atoms with Crippen molar-refractivity contribution >= 4 is 11.6 Å². The van der Waals surface area contributed by atoms with Gasteiger partial charge in [-0.3, -0.25) is 0 Å². The van der Waals surface area contributed by atoms with Gasteiger partial charge < -0.3 is 10.2 Å². The van der Waals surface area contributed by atoms with Crippen LogP contribution in [0.1, 0.15) is 58.4 Å². The van der Waals surface area contributed by atoms with Crippen LogP contribution < -0.4 is 10.2 Å². The van der Waals surface area contributed by atoms with Crippen LogP contribution in [-0.2, 0) is 0 Å². The van der Waals surface area contributed by atoms with Crippen LogP contribution in [0, 0.1) is 5.92 Å². The van der Waals surface area contributed by atoms with E-state index in [9.17, 15) is 0 Å². The van der Waals surface area contributed by atoms with Gasteiger partial charge >= 0.3 is 0 Å². The molecular formula is C16H28N4. The number of anilines is 2. The monoisotopic (exact) mass is 276 g/mol. The first-order valence-electron chi connectivity index (χ1n) is 7.97. The molecule has 2 heterocycles. The molecular weight excluding hydrogens is 248 g/mol. The second-order valence-corrected chi connectivity index (χ2v) is 6.17. The van der Waals surface area contributed by atoms with Crippen LogP contribution in [0.15, 0.2) is 6.33 Å². The number of rotatable bonds is 4. The summed E-state index contributed by atoms with van der Waals surface area (Å²) < 4.78 is 0. The number of aromatic nitrogens is 2. The molecule has 0 amide bonds. The summed E-state index contributed by atoms with van der Waals surface area (Å²) in [6.07, 6.45) is 5.56. The average Bonchev–Trinajstić information content (AvgIpc) is 2.63. The molecule has 1 aromatic rings. The van der Waals surface area contributed by atoms with E-state index in [-0.39, 0.29) is 0 Å². The van der Waals surface area contributed by atoms with Crippen molar-refractivity contribution in [1.82, 2.24) is 9.97 Å². The van der Waals surface area contributed by atoms with Crippen molar-refractivity contribution in [3.63, 3.8) is 0 Å². The van der Waals surface area contributed by atoms with Gasteiger partial charge in [0, 0.05) is 25.2 Å². The van der Waals surface area contributed by atoms with E-state index in [0.717, 1.165) is 37.2 Å². The van der Waals surface area contributed by atoms with Gasteiger partial charge in [0.15, 0.2) is 0 Å². The molecule has 4 nitrogen and oxygen atoms in total. The third-order valence-electron chi connectivity index (χ3n) is 4.10. The molecule has 0 radical (unpaired) electrons. The van der Waals surface area contributed by atoms with E-state index in [1.54, 1.807) is 6.33 Å². The summed E-state index contributed by atoms with van der Waals surface area (Å²) in [4.78, 5) is 11.5. The molecule has 1 aliphatic rings. The lowest BCUT2D eigenvalue weighted by molar-refractivity contribution is 0.521. The van der Waals surface area contributed by atoms with E-state index in [1.165, 1.54) is 24.8 Å². The number of nitrogens with one attached hydrogen (secondary N) is 1. The molecule has 0 spiro atoms. The molecule has 0 saturated carbocycles. The Labute approximate surface area is 123 Å². The molecule has 1 fully saturated rings. The first-order valence-corrected chi connectivity index (χ1v) is 7.97. The molecule has 20 heavy (non-hydrogen) atoms. The van der Waals surface area contributed by atoms with Crippen molar-refractivity contribution in [2.45, 2.75) is 52.9 Å². The fraction of sp³-hybridized carbons (Fsp3) is 0.750. The molecule has 0 bridgehead atoms. The Morgan fingerprint density at radius 2 is 2.10 bits per heavy atom. The van der Waals surface area contributed by atoms with Crippen LogP contribution in [0.4, 0.5) is 11.6 Å². The van der Waals surface area contributed by atoms with Gasteiger partial charge in [-0.15, -0.1) is 0 Å². The van der Waals surface area contributed by atoms with Crippen molar-refractivity contribution in [3.05, 3.63) is 11.9 Å². The highest BCUT2D eigenvalue weighted by Crippen LogP contribution is 2.32. The molecule has 0 aromatic carbocycles. The first-order chi connectivity index (χ1) is 9.63. The smallest absolute Gasteiger partial charge is 0.137 e. The summed E-state index contributed by atoms with van der Waals surface area (Å²) in [5, 5.41) is 3.38. The highest BCUT2D eigenvalue weighted by molar-refractivity contribution is 5.60. The fourth-order valence-electron chi connectivity index (χ4n) is 2.95. The minimum atomic E-state index is 0.431. The largest absolute Gasteiger partial charge is 0.370 e. The van der Waals surface area contributed by atoms with E-state index in [4.69, 9.17) is 0 Å². The van der Waals surface area contributed by atoms with Gasteiger partial charge in [0.05, 0.1) is 0 Å². The highest BCUT2D eigenvalue weighted by atomic mass is 15.2. The lowest BCUT2D eigenvalue weighted by atomic mass is 10.0. The van der Waals surface area contributed by atoms with Crippen LogP contribution in [-0.4, -0.2) is 29.6 Å². The lowest BCUT2D eigenvalue weighted by Gasteiger charge is -2.26. The van der Waals surface area contributed by atoms with Crippen molar-refractivity contribution in [1.29, 1.82) is 0 Å². The van der Waals surface area contributed by atoms with Gasteiger partial charge in [0.1, 0.15) is 18.0 Å². The van der Waals surface area contributed by atoms with Gasteiger partial charge in [-0.05, 0) is 38.0 Å². The van der Waals surface area contributed by atoms with Crippen LogP contribution in [0.3, 0.4) is 0 Å². The summed E-state index contributed by atoms with van der Waals surface area (Å²) in [5.74, 6) is 3.41. The highest BCUT2D eigenvalue weighted by Gasteiger charge is 2.21. The second kappa shape index (κ2) is 6.91. The zero-order valence-corrected chi connectivity index (χ0v) is 13.3. The Balaban J connectivity index is 2.32. The van der Waals surface area contributed by atoms with E-state index in [0.29, 0.717) is 5.92 Å². The van der Waals surface area contributed by atoms with E-state index in [2.05, 4.69) is 47.9 Å². The minimum absolute atomic E-state index is 0.431. The number of hydrogen-bond acceptors (Lipinski definition) is 4. The average molecular weight is 276 g/mol. The second-order valence-electron chi connectivity index (χ2n) is 6.17. The predicted octanol–water partition coefficient (Wildman–Crippen LogP) is 3.66. The molecule has 1 aliphatic heterocycles. The first kappa shape index (κ1) is 15.1. The van der Waals surface area contributed by atoms with Crippen LogP contribution in [0.2, 0.25) is 0 Å². The molecule has 4 heteroatoms. The lowest BCUT2D eigenvalue weighted by Crippen LogP contribution is -2.27. The summed E-state index contributed by atoms with van der Waals surface area (Å²) >= 11 is 0. The molecule has 1 saturated heterocycles. The van der Waals surface area contributed by atoms with Crippen molar-refractivity contribution < 1.29 is 0 Å². The molecule has 1 N–H and O–H groups in total. The molecule has 112 valence electrons.